The maximum absolute atomic E-state index is 14.1. The summed E-state index contributed by atoms with van der Waals surface area (Å²) < 4.78 is 15.4. The van der Waals surface area contributed by atoms with E-state index in [0.717, 1.165) is 24.8 Å². The van der Waals surface area contributed by atoms with Crippen molar-refractivity contribution in [1.82, 2.24) is 9.88 Å². The van der Waals surface area contributed by atoms with Gasteiger partial charge in [-0.3, -0.25) is 14.4 Å². The quantitative estimate of drug-likeness (QED) is 0.795. The second-order valence-electron chi connectivity index (χ2n) is 7.17. The molecular weight excluding hydrogens is 347 g/mol. The fourth-order valence-electron chi connectivity index (χ4n) is 3.29. The summed E-state index contributed by atoms with van der Waals surface area (Å²) in [4.78, 5) is 37.4. The van der Waals surface area contributed by atoms with Crippen LogP contribution in [0.25, 0.3) is 0 Å². The second-order valence-corrected chi connectivity index (χ2v) is 7.17. The number of Topliss-reactive ketones (excluding diaryl/α,β-unsaturated/α-hetero) is 1. The van der Waals surface area contributed by atoms with Gasteiger partial charge in [0, 0.05) is 30.8 Å². The van der Waals surface area contributed by atoms with Gasteiger partial charge in [-0.05, 0) is 25.0 Å². The van der Waals surface area contributed by atoms with Crippen molar-refractivity contribution in [2.75, 3.05) is 7.05 Å². The van der Waals surface area contributed by atoms with Gasteiger partial charge >= 0.3 is 0 Å². The molecule has 1 aromatic carbocycles. The second kappa shape index (κ2) is 7.86. The van der Waals surface area contributed by atoms with Crippen molar-refractivity contribution in [2.24, 2.45) is 5.92 Å². The number of nitrogens with zero attached hydrogens (tertiary/aromatic N) is 1. The van der Waals surface area contributed by atoms with Crippen molar-refractivity contribution in [3.63, 3.8) is 0 Å². The average molecular weight is 370 g/mol. The predicted octanol–water partition coefficient (Wildman–Crippen LogP) is 3.08. The number of rotatable bonds is 6. The zero-order valence-corrected chi connectivity index (χ0v) is 15.5. The van der Waals surface area contributed by atoms with Crippen LogP contribution >= 0.6 is 0 Å². The van der Waals surface area contributed by atoms with Crippen molar-refractivity contribution in [2.45, 2.75) is 39.2 Å². The fraction of sp³-hybridized carbons (Fsp3) is 0.381. The lowest BCUT2D eigenvalue weighted by atomic mass is 9.81. The highest BCUT2D eigenvalue weighted by Gasteiger charge is 2.23. The van der Waals surface area contributed by atoms with Crippen molar-refractivity contribution in [3.8, 4) is 0 Å². The molecule has 1 amide bonds. The molecule has 0 unspecified atom stereocenters. The molecule has 1 N–H and O–H groups in total. The minimum atomic E-state index is -0.559. The molecule has 0 saturated heterocycles. The van der Waals surface area contributed by atoms with Crippen molar-refractivity contribution in [3.05, 3.63) is 68.9 Å². The number of hydrogen-bond donors (Lipinski definition) is 1. The molecule has 0 bridgehead atoms. The number of ketones is 1. The first-order valence-electron chi connectivity index (χ1n) is 9.14. The third-order valence-corrected chi connectivity index (χ3v) is 5.12. The van der Waals surface area contributed by atoms with Crippen LogP contribution in [0.4, 0.5) is 4.39 Å². The molecule has 1 fully saturated rings. The Hall–Kier alpha value is -2.76. The highest BCUT2D eigenvalue weighted by molar-refractivity contribution is 6.00. The number of aromatic nitrogens is 1. The van der Waals surface area contributed by atoms with Crippen LogP contribution in [-0.4, -0.2) is 23.3 Å². The molecule has 27 heavy (non-hydrogen) atoms. The van der Waals surface area contributed by atoms with Gasteiger partial charge < -0.3 is 9.88 Å². The Balaban J connectivity index is 2.01. The molecule has 1 saturated carbocycles. The van der Waals surface area contributed by atoms with Crippen LogP contribution < -0.4 is 10.9 Å². The lowest BCUT2D eigenvalue weighted by Gasteiger charge is -2.24. The normalized spacial score (nSPS) is 13.9. The average Bonchev–Trinajstić information content (AvgIpc) is 2.62. The summed E-state index contributed by atoms with van der Waals surface area (Å²) in [5.74, 6) is -0.712. The first kappa shape index (κ1) is 19.0. The Labute approximate surface area is 157 Å². The number of amides is 1. The van der Waals surface area contributed by atoms with Gasteiger partial charge in [-0.2, -0.15) is 0 Å². The van der Waals surface area contributed by atoms with E-state index in [-0.39, 0.29) is 17.9 Å². The van der Waals surface area contributed by atoms with E-state index in [4.69, 9.17) is 0 Å². The van der Waals surface area contributed by atoms with Gasteiger partial charge in [-0.25, -0.2) is 4.39 Å². The lowest BCUT2D eigenvalue weighted by Crippen LogP contribution is -2.32. The van der Waals surface area contributed by atoms with E-state index in [0.29, 0.717) is 23.5 Å². The van der Waals surface area contributed by atoms with E-state index in [9.17, 15) is 18.8 Å². The third-order valence-electron chi connectivity index (χ3n) is 5.12. The van der Waals surface area contributed by atoms with Gasteiger partial charge in [0.05, 0.1) is 6.54 Å². The van der Waals surface area contributed by atoms with Crippen molar-refractivity contribution in [1.29, 1.82) is 0 Å². The highest BCUT2D eigenvalue weighted by Crippen LogP contribution is 2.30. The van der Waals surface area contributed by atoms with Crippen LogP contribution in [0.3, 0.4) is 0 Å². The summed E-state index contributed by atoms with van der Waals surface area (Å²) >= 11 is 0. The molecule has 0 aliphatic heterocycles. The predicted molar refractivity (Wildman–Crippen MR) is 101 cm³/mol. The maximum Gasteiger partial charge on any atom is 0.263 e. The van der Waals surface area contributed by atoms with Gasteiger partial charge in [0.15, 0.2) is 5.78 Å². The van der Waals surface area contributed by atoms with Crippen LogP contribution in [0.2, 0.25) is 0 Å². The number of pyridine rings is 1. The molecule has 0 atom stereocenters. The Morgan fingerprint density at radius 2 is 2.00 bits per heavy atom. The number of benzene rings is 1. The number of halogens is 1. The summed E-state index contributed by atoms with van der Waals surface area (Å²) in [5.41, 5.74) is 0.861. The summed E-state index contributed by atoms with van der Waals surface area (Å²) in [6, 6.07) is 6.01. The molecule has 1 heterocycles. The Morgan fingerprint density at radius 1 is 1.26 bits per heavy atom. The summed E-state index contributed by atoms with van der Waals surface area (Å²) in [5, 5.41) is 2.43. The zero-order chi connectivity index (χ0) is 19.6. The first-order valence-corrected chi connectivity index (χ1v) is 9.14. The van der Waals surface area contributed by atoms with E-state index >= 15 is 0 Å². The van der Waals surface area contributed by atoms with Gasteiger partial charge in [-0.1, -0.05) is 37.0 Å². The molecule has 0 spiro atoms. The lowest BCUT2D eigenvalue weighted by molar-refractivity contribution is 0.0935. The van der Waals surface area contributed by atoms with Crippen molar-refractivity contribution >= 4 is 11.7 Å². The molecule has 1 aliphatic rings. The molecule has 1 aliphatic carbocycles. The smallest absolute Gasteiger partial charge is 0.263 e. The van der Waals surface area contributed by atoms with E-state index in [2.05, 4.69) is 5.32 Å². The number of hydrogen-bond acceptors (Lipinski definition) is 3. The SMILES string of the molecule is CNC(=O)c1cc(C(=O)CC2CCC2)cn(Cc2cc(C)ccc2F)c1=O. The Kier molecular flexibility index (Phi) is 5.54. The summed E-state index contributed by atoms with van der Waals surface area (Å²) in [6.07, 6.45) is 5.04. The van der Waals surface area contributed by atoms with Crippen LogP contribution in [0.1, 0.15) is 57.5 Å². The first-order chi connectivity index (χ1) is 12.9. The fourth-order valence-corrected chi connectivity index (χ4v) is 3.29. The number of nitrogens with one attached hydrogen (secondary N) is 1. The number of aryl methyl sites for hydroxylation is 1. The monoisotopic (exact) mass is 370 g/mol. The van der Waals surface area contributed by atoms with E-state index in [1.807, 2.05) is 6.92 Å². The van der Waals surface area contributed by atoms with Gasteiger partial charge in [0.25, 0.3) is 11.5 Å². The van der Waals surface area contributed by atoms with Gasteiger partial charge in [-0.15, -0.1) is 0 Å². The largest absolute Gasteiger partial charge is 0.355 e. The summed E-state index contributed by atoms with van der Waals surface area (Å²) in [7, 11) is 1.43. The van der Waals surface area contributed by atoms with E-state index < -0.39 is 17.3 Å². The molecule has 2 aromatic rings. The van der Waals surface area contributed by atoms with Gasteiger partial charge in [0.1, 0.15) is 11.4 Å². The van der Waals surface area contributed by atoms with Crippen LogP contribution in [0.5, 0.6) is 0 Å². The molecule has 5 nitrogen and oxygen atoms in total. The molecule has 6 heteroatoms. The van der Waals surface area contributed by atoms with Crippen LogP contribution in [-0.2, 0) is 6.54 Å². The van der Waals surface area contributed by atoms with Crippen LogP contribution in [0, 0.1) is 18.7 Å². The molecule has 0 radical (unpaired) electrons. The minimum absolute atomic E-state index is 0.0408. The standard InChI is InChI=1S/C21H23FN2O3/c1-13-6-7-18(22)15(8-13)11-24-12-16(19(25)9-14-4-3-5-14)10-17(21(24)27)20(26)23-2/h6-8,10,12,14H,3-5,9,11H2,1-2H3,(H,23,26). The topological polar surface area (TPSA) is 68.2 Å². The van der Waals surface area contributed by atoms with E-state index in [1.54, 1.807) is 12.1 Å². The molecule has 142 valence electrons. The minimum Gasteiger partial charge on any atom is -0.355 e. The Morgan fingerprint density at radius 3 is 2.63 bits per heavy atom. The third kappa shape index (κ3) is 4.15. The summed E-state index contributed by atoms with van der Waals surface area (Å²) in [6.45, 7) is 1.79. The van der Waals surface area contributed by atoms with Crippen molar-refractivity contribution < 1.29 is 14.0 Å². The number of carbonyl (C=O) groups excluding carboxylic acids is 2. The van der Waals surface area contributed by atoms with Crippen LogP contribution in [0.15, 0.2) is 35.3 Å². The Bertz CT molecular complexity index is 945. The van der Waals surface area contributed by atoms with E-state index in [1.165, 1.54) is 29.9 Å². The molecule has 1 aromatic heterocycles. The zero-order valence-electron chi connectivity index (χ0n) is 15.5. The highest BCUT2D eigenvalue weighted by atomic mass is 19.1. The molecular formula is C21H23FN2O3. The maximum atomic E-state index is 14.1. The van der Waals surface area contributed by atoms with Gasteiger partial charge in [0.2, 0.25) is 0 Å². The number of carbonyl (C=O) groups is 2. The molecule has 3 rings (SSSR count).